The molecule has 1 N–H and O–H groups in total. The van der Waals surface area contributed by atoms with Crippen molar-refractivity contribution in [3.8, 4) is 0 Å². The van der Waals surface area contributed by atoms with Crippen molar-refractivity contribution in [2.45, 2.75) is 26.4 Å². The van der Waals surface area contributed by atoms with Crippen LogP contribution in [0.1, 0.15) is 31.3 Å². The van der Waals surface area contributed by atoms with Crippen molar-refractivity contribution in [1.82, 2.24) is 30.1 Å². The third-order valence-electron chi connectivity index (χ3n) is 2.68. The zero-order valence-corrected chi connectivity index (χ0v) is 10.5. The van der Waals surface area contributed by atoms with E-state index in [1.807, 2.05) is 24.0 Å². The molecule has 17 heavy (non-hydrogen) atoms. The number of hydrogen-bond acceptors (Lipinski definition) is 4. The molecule has 0 bridgehead atoms. The fourth-order valence-corrected chi connectivity index (χ4v) is 1.89. The Labute approximate surface area is 101 Å². The van der Waals surface area contributed by atoms with Gasteiger partial charge in [0, 0.05) is 19.8 Å². The monoisotopic (exact) mass is 234 g/mol. The van der Waals surface area contributed by atoms with Crippen LogP contribution in [0.3, 0.4) is 0 Å². The van der Waals surface area contributed by atoms with Crippen molar-refractivity contribution < 1.29 is 0 Å². The number of nitrogens with zero attached hydrogens (tertiary/aromatic N) is 5. The maximum absolute atomic E-state index is 4.45. The summed E-state index contributed by atoms with van der Waals surface area (Å²) in [5.41, 5.74) is 2.04. The number of nitrogens with one attached hydrogen (secondary N) is 1. The summed E-state index contributed by atoms with van der Waals surface area (Å²) >= 11 is 0. The molecule has 0 saturated carbocycles. The highest BCUT2D eigenvalue weighted by molar-refractivity contribution is 5.18. The molecule has 2 aromatic heterocycles. The van der Waals surface area contributed by atoms with E-state index in [1.165, 1.54) is 0 Å². The molecule has 1 atom stereocenters. The third-order valence-corrected chi connectivity index (χ3v) is 2.68. The van der Waals surface area contributed by atoms with E-state index in [0.717, 1.165) is 24.5 Å². The molecule has 0 amide bonds. The van der Waals surface area contributed by atoms with Crippen molar-refractivity contribution in [3.05, 3.63) is 29.8 Å². The summed E-state index contributed by atoms with van der Waals surface area (Å²) < 4.78 is 3.70. The summed E-state index contributed by atoms with van der Waals surface area (Å²) in [5, 5.41) is 15.9. The maximum atomic E-state index is 4.45. The number of aryl methyl sites for hydroxylation is 2. The predicted octanol–water partition coefficient (Wildman–Crippen LogP) is 0.730. The Bertz CT molecular complexity index is 472. The van der Waals surface area contributed by atoms with Crippen molar-refractivity contribution in [1.29, 1.82) is 0 Å². The second-order valence-electron chi connectivity index (χ2n) is 3.88. The maximum Gasteiger partial charge on any atom is 0.0956 e. The summed E-state index contributed by atoms with van der Waals surface area (Å²) in [6.07, 6.45) is 3.74. The molecule has 0 fully saturated rings. The minimum Gasteiger partial charge on any atom is -0.304 e. The topological polar surface area (TPSA) is 60.6 Å². The second kappa shape index (κ2) is 5.09. The Hall–Kier alpha value is -1.69. The van der Waals surface area contributed by atoms with Crippen LogP contribution in [0.25, 0.3) is 0 Å². The quantitative estimate of drug-likeness (QED) is 0.828. The molecule has 6 nitrogen and oxygen atoms in total. The highest BCUT2D eigenvalue weighted by atomic mass is 15.4. The molecule has 92 valence electrons. The minimum absolute atomic E-state index is 0.0520. The molecule has 0 spiro atoms. The van der Waals surface area contributed by atoms with Crippen LogP contribution in [0.15, 0.2) is 18.5 Å². The van der Waals surface area contributed by atoms with Gasteiger partial charge in [0.15, 0.2) is 0 Å². The Morgan fingerprint density at radius 2 is 2.24 bits per heavy atom. The van der Waals surface area contributed by atoms with Gasteiger partial charge in [0.1, 0.15) is 0 Å². The number of hydrogen-bond donors (Lipinski definition) is 1. The van der Waals surface area contributed by atoms with Gasteiger partial charge < -0.3 is 5.32 Å². The summed E-state index contributed by atoms with van der Waals surface area (Å²) in [5.74, 6) is 0. The van der Waals surface area contributed by atoms with Crippen LogP contribution in [0.5, 0.6) is 0 Å². The number of aromatic nitrogens is 5. The minimum atomic E-state index is 0.0520. The molecule has 1 unspecified atom stereocenters. The lowest BCUT2D eigenvalue weighted by atomic mass is 10.1. The Balaban J connectivity index is 2.35. The van der Waals surface area contributed by atoms with E-state index in [-0.39, 0.29) is 6.04 Å². The van der Waals surface area contributed by atoms with Crippen LogP contribution in [-0.4, -0.2) is 31.3 Å². The van der Waals surface area contributed by atoms with E-state index in [9.17, 15) is 0 Å². The van der Waals surface area contributed by atoms with Gasteiger partial charge >= 0.3 is 0 Å². The van der Waals surface area contributed by atoms with Gasteiger partial charge in [-0.1, -0.05) is 12.1 Å². The van der Waals surface area contributed by atoms with Gasteiger partial charge in [-0.25, -0.2) is 4.68 Å². The average molecular weight is 234 g/mol. The first kappa shape index (κ1) is 11.8. The van der Waals surface area contributed by atoms with E-state index in [2.05, 4.69) is 34.6 Å². The van der Waals surface area contributed by atoms with Crippen molar-refractivity contribution in [3.63, 3.8) is 0 Å². The standard InChI is InChI=1S/C11H18N6/c1-4-12-11(9-6-7-16(3)14-9)10-8-13-15-17(10)5-2/h6-8,11-12H,4-5H2,1-3H3. The first-order valence-electron chi connectivity index (χ1n) is 5.87. The SMILES string of the molecule is CCNC(c1ccn(C)n1)c1cnnn1CC. The van der Waals surface area contributed by atoms with Gasteiger partial charge in [-0.15, -0.1) is 5.10 Å². The third kappa shape index (κ3) is 2.36. The van der Waals surface area contributed by atoms with Gasteiger partial charge in [0.05, 0.1) is 23.6 Å². The van der Waals surface area contributed by atoms with E-state index < -0.39 is 0 Å². The fraction of sp³-hybridized carbons (Fsp3) is 0.545. The van der Waals surface area contributed by atoms with Crippen LogP contribution in [0.4, 0.5) is 0 Å². The second-order valence-corrected chi connectivity index (χ2v) is 3.88. The highest BCUT2D eigenvalue weighted by Crippen LogP contribution is 2.19. The first-order chi connectivity index (χ1) is 8.26. The molecule has 0 aliphatic rings. The van der Waals surface area contributed by atoms with Gasteiger partial charge in [0.2, 0.25) is 0 Å². The molecule has 0 saturated heterocycles. The smallest absolute Gasteiger partial charge is 0.0956 e. The van der Waals surface area contributed by atoms with Gasteiger partial charge in [-0.2, -0.15) is 5.10 Å². The lowest BCUT2D eigenvalue weighted by molar-refractivity contribution is 0.523. The van der Waals surface area contributed by atoms with Crippen LogP contribution < -0.4 is 5.32 Å². The zero-order chi connectivity index (χ0) is 12.3. The molecule has 2 rings (SSSR count). The van der Waals surface area contributed by atoms with Gasteiger partial charge in [-0.3, -0.25) is 4.68 Å². The van der Waals surface area contributed by atoms with Crippen LogP contribution in [0.2, 0.25) is 0 Å². The lowest BCUT2D eigenvalue weighted by Gasteiger charge is -2.16. The molecule has 2 aromatic rings. The zero-order valence-electron chi connectivity index (χ0n) is 10.5. The van der Waals surface area contributed by atoms with Crippen molar-refractivity contribution in [2.75, 3.05) is 6.54 Å². The van der Waals surface area contributed by atoms with Crippen LogP contribution in [0, 0.1) is 0 Å². The molecule has 0 aliphatic carbocycles. The van der Waals surface area contributed by atoms with E-state index in [4.69, 9.17) is 0 Å². The van der Waals surface area contributed by atoms with E-state index >= 15 is 0 Å². The first-order valence-corrected chi connectivity index (χ1v) is 5.87. The number of rotatable bonds is 5. The van der Waals surface area contributed by atoms with Crippen LogP contribution >= 0.6 is 0 Å². The molecule has 0 aliphatic heterocycles. The van der Waals surface area contributed by atoms with Gasteiger partial charge in [-0.05, 0) is 19.5 Å². The summed E-state index contributed by atoms with van der Waals surface area (Å²) in [6.45, 7) is 5.82. The van der Waals surface area contributed by atoms with Crippen molar-refractivity contribution >= 4 is 0 Å². The largest absolute Gasteiger partial charge is 0.304 e. The molecular formula is C11H18N6. The van der Waals surface area contributed by atoms with E-state index in [1.54, 1.807) is 10.9 Å². The van der Waals surface area contributed by atoms with Gasteiger partial charge in [0.25, 0.3) is 0 Å². The van der Waals surface area contributed by atoms with Crippen LogP contribution in [-0.2, 0) is 13.6 Å². The van der Waals surface area contributed by atoms with Crippen molar-refractivity contribution in [2.24, 2.45) is 7.05 Å². The molecular weight excluding hydrogens is 216 g/mol. The lowest BCUT2D eigenvalue weighted by Crippen LogP contribution is -2.25. The molecule has 2 heterocycles. The summed E-state index contributed by atoms with van der Waals surface area (Å²) in [4.78, 5) is 0. The molecule has 0 radical (unpaired) electrons. The highest BCUT2D eigenvalue weighted by Gasteiger charge is 2.19. The average Bonchev–Trinajstić information content (AvgIpc) is 2.94. The Kier molecular flexibility index (Phi) is 3.53. The van der Waals surface area contributed by atoms with E-state index in [0.29, 0.717) is 0 Å². The predicted molar refractivity (Wildman–Crippen MR) is 64.4 cm³/mol. The fourth-order valence-electron chi connectivity index (χ4n) is 1.89. The summed E-state index contributed by atoms with van der Waals surface area (Å²) in [7, 11) is 1.92. The Morgan fingerprint density at radius 3 is 2.82 bits per heavy atom. The molecule has 0 aromatic carbocycles. The Morgan fingerprint density at radius 1 is 1.41 bits per heavy atom. The molecule has 6 heteroatoms. The normalized spacial score (nSPS) is 12.9. The summed E-state index contributed by atoms with van der Waals surface area (Å²) in [6, 6.07) is 2.07.